The number of benzene rings is 2. The molecule has 1 atom stereocenters. The number of para-hydroxylation sites is 1. The minimum absolute atomic E-state index is 0.0383. The van der Waals surface area contributed by atoms with Gasteiger partial charge in [-0.3, -0.25) is 24.0 Å². The van der Waals surface area contributed by atoms with Crippen LogP contribution in [-0.4, -0.2) is 74.9 Å². The minimum Gasteiger partial charge on any atom is -0.481 e. The van der Waals surface area contributed by atoms with Crippen molar-refractivity contribution in [3.05, 3.63) is 77.5 Å². The maximum atomic E-state index is 13.7. The Morgan fingerprint density at radius 2 is 1.67 bits per heavy atom. The molecule has 2 heterocycles. The lowest BCUT2D eigenvalue weighted by atomic mass is 9.88. The molecule has 0 radical (unpaired) electrons. The van der Waals surface area contributed by atoms with E-state index in [1.165, 1.54) is 21.7 Å². The highest BCUT2D eigenvalue weighted by Crippen LogP contribution is 2.25. The normalized spacial score (nSPS) is 14.4. The smallest absolute Gasteiger partial charge is 0.303 e. The number of ether oxygens (including phenoxy) is 1. The summed E-state index contributed by atoms with van der Waals surface area (Å²) in [6.45, 7) is 5.28. The molecule has 13 heteroatoms. The van der Waals surface area contributed by atoms with Crippen LogP contribution in [0.4, 0.5) is 8.78 Å². The van der Waals surface area contributed by atoms with E-state index in [2.05, 4.69) is 10.4 Å². The number of ketones is 2. The van der Waals surface area contributed by atoms with Gasteiger partial charge in [-0.1, -0.05) is 39.0 Å². The van der Waals surface area contributed by atoms with Gasteiger partial charge < -0.3 is 20.1 Å². The molecule has 4 rings (SSSR count). The number of carboxylic acid groups (broad SMARTS) is 1. The van der Waals surface area contributed by atoms with Gasteiger partial charge in [0.25, 0.3) is 5.91 Å². The third-order valence-electron chi connectivity index (χ3n) is 7.73. The first-order valence-corrected chi connectivity index (χ1v) is 14.9. The van der Waals surface area contributed by atoms with Crippen molar-refractivity contribution in [3.8, 4) is 11.6 Å². The van der Waals surface area contributed by atoms with Gasteiger partial charge in [-0.25, -0.2) is 13.5 Å². The number of piperidine rings is 1. The van der Waals surface area contributed by atoms with E-state index in [4.69, 9.17) is 4.74 Å². The number of Topliss-reactive ketones (excluding diaryl/α,β-unsaturated/α-hetero) is 2. The zero-order valence-corrected chi connectivity index (χ0v) is 25.8. The van der Waals surface area contributed by atoms with Crippen LogP contribution in [0.5, 0.6) is 5.88 Å². The van der Waals surface area contributed by atoms with Crippen molar-refractivity contribution in [1.82, 2.24) is 20.0 Å². The monoisotopic (exact) mass is 638 g/mol. The Balaban J connectivity index is 1.48. The van der Waals surface area contributed by atoms with Crippen molar-refractivity contribution in [2.24, 2.45) is 11.3 Å². The molecule has 2 amide bonds. The average Bonchev–Trinajstić information content (AvgIpc) is 3.47. The molecule has 0 unspecified atom stereocenters. The zero-order valence-electron chi connectivity index (χ0n) is 25.8. The number of halogens is 2. The Kier molecular flexibility index (Phi) is 10.7. The molecule has 1 fully saturated rings. The van der Waals surface area contributed by atoms with Crippen LogP contribution in [0.1, 0.15) is 67.3 Å². The number of rotatable bonds is 12. The van der Waals surface area contributed by atoms with Crippen LogP contribution in [0.25, 0.3) is 5.69 Å². The third kappa shape index (κ3) is 8.40. The first-order chi connectivity index (χ1) is 21.7. The zero-order chi connectivity index (χ0) is 33.6. The molecule has 0 spiro atoms. The highest BCUT2D eigenvalue weighted by atomic mass is 19.2. The summed E-state index contributed by atoms with van der Waals surface area (Å²) in [4.78, 5) is 65.1. The van der Waals surface area contributed by atoms with E-state index in [1.807, 2.05) is 0 Å². The second-order valence-electron chi connectivity index (χ2n) is 12.1. The summed E-state index contributed by atoms with van der Waals surface area (Å²) in [5.74, 6) is -5.56. The number of aliphatic carboxylic acids is 1. The average molecular weight is 639 g/mol. The topological polar surface area (TPSA) is 148 Å². The lowest BCUT2D eigenvalue weighted by molar-refractivity contribution is -0.138. The first-order valence-electron chi connectivity index (χ1n) is 14.9. The van der Waals surface area contributed by atoms with Crippen LogP contribution in [0.15, 0.2) is 54.6 Å². The molecule has 1 aliphatic rings. The van der Waals surface area contributed by atoms with Crippen molar-refractivity contribution in [3.63, 3.8) is 0 Å². The van der Waals surface area contributed by atoms with Crippen LogP contribution >= 0.6 is 0 Å². The number of carbonyl (C=O) groups excluding carboxylic acids is 4. The van der Waals surface area contributed by atoms with E-state index in [0.717, 1.165) is 12.1 Å². The summed E-state index contributed by atoms with van der Waals surface area (Å²) < 4.78 is 34.1. The Labute approximate surface area is 264 Å². The first kappa shape index (κ1) is 33.9. The highest BCUT2D eigenvalue weighted by molar-refractivity contribution is 5.98. The Morgan fingerprint density at radius 1 is 1.00 bits per heavy atom. The van der Waals surface area contributed by atoms with Crippen LogP contribution < -0.4 is 10.1 Å². The number of likely N-dealkylation sites (tertiary alicyclic amines) is 1. The van der Waals surface area contributed by atoms with Gasteiger partial charge in [0.2, 0.25) is 11.8 Å². The van der Waals surface area contributed by atoms with Gasteiger partial charge >= 0.3 is 5.97 Å². The van der Waals surface area contributed by atoms with Gasteiger partial charge in [0.05, 0.1) is 5.69 Å². The number of carbonyl (C=O) groups is 5. The van der Waals surface area contributed by atoms with E-state index in [-0.39, 0.29) is 67.7 Å². The van der Waals surface area contributed by atoms with Gasteiger partial charge in [-0.05, 0) is 49.6 Å². The van der Waals surface area contributed by atoms with Crippen LogP contribution in [0, 0.1) is 23.0 Å². The molecule has 2 aromatic carbocycles. The lowest BCUT2D eigenvalue weighted by Gasteiger charge is -2.34. The van der Waals surface area contributed by atoms with E-state index >= 15 is 0 Å². The number of amides is 2. The number of nitrogens with zero attached hydrogens (tertiary/aromatic N) is 3. The summed E-state index contributed by atoms with van der Waals surface area (Å²) in [5.41, 5.74) is -0.183. The summed E-state index contributed by atoms with van der Waals surface area (Å²) in [6.07, 6.45) is -0.1000. The second kappa shape index (κ2) is 14.4. The maximum absolute atomic E-state index is 13.7. The van der Waals surface area contributed by atoms with Crippen molar-refractivity contribution in [2.45, 2.75) is 52.5 Å². The fourth-order valence-corrected chi connectivity index (χ4v) is 4.91. The molecule has 1 aliphatic heterocycles. The molecule has 0 saturated carbocycles. The fraction of sp³-hybridized carbons (Fsp3) is 0.394. The van der Waals surface area contributed by atoms with Gasteiger partial charge in [0, 0.05) is 42.5 Å². The number of nitrogens with one attached hydrogen (secondary N) is 1. The van der Waals surface area contributed by atoms with E-state index in [9.17, 15) is 37.9 Å². The van der Waals surface area contributed by atoms with Gasteiger partial charge in [0.1, 0.15) is 12.6 Å². The Hall–Kier alpha value is -4.94. The molecular weight excluding hydrogens is 602 g/mol. The van der Waals surface area contributed by atoms with Crippen LogP contribution in [-0.2, 0) is 14.4 Å². The largest absolute Gasteiger partial charge is 0.481 e. The third-order valence-corrected chi connectivity index (χ3v) is 7.73. The van der Waals surface area contributed by atoms with E-state index in [1.54, 1.807) is 51.1 Å². The predicted molar refractivity (Wildman–Crippen MR) is 162 cm³/mol. The van der Waals surface area contributed by atoms with Crippen LogP contribution in [0.3, 0.4) is 0 Å². The van der Waals surface area contributed by atoms with E-state index in [0.29, 0.717) is 5.69 Å². The quantitative estimate of drug-likeness (QED) is 0.280. The molecule has 11 nitrogen and oxygen atoms in total. The highest BCUT2D eigenvalue weighted by Gasteiger charge is 2.33. The molecule has 3 aromatic rings. The lowest BCUT2D eigenvalue weighted by Crippen LogP contribution is -2.51. The van der Waals surface area contributed by atoms with Gasteiger partial charge in [0.15, 0.2) is 28.9 Å². The summed E-state index contributed by atoms with van der Waals surface area (Å²) in [5, 5.41) is 16.2. The number of hydrogen-bond acceptors (Lipinski definition) is 7. The molecule has 1 saturated heterocycles. The number of carboxylic acids is 1. The Morgan fingerprint density at radius 3 is 2.28 bits per heavy atom. The van der Waals surface area contributed by atoms with Crippen LogP contribution in [0.2, 0.25) is 0 Å². The molecule has 1 aromatic heterocycles. The van der Waals surface area contributed by atoms with Gasteiger partial charge in [-0.2, -0.15) is 5.10 Å². The summed E-state index contributed by atoms with van der Waals surface area (Å²) in [6, 6.07) is 11.9. The van der Waals surface area contributed by atoms with E-state index < -0.39 is 53.2 Å². The minimum atomic E-state index is -1.21. The SMILES string of the molecule is CC(C)(C)C(=O)COc1cc(C(=O)N[C@@H](CCC(=O)O)C(=O)N2CCC(C(=O)c3ccc(F)c(F)c3)CC2)nn1-c1ccccc1. The molecule has 46 heavy (non-hydrogen) atoms. The standard InChI is InChI=1S/C33H36F2N4O7/c1-33(2,3)27(40)19-46-28-18-26(37-39(28)22-7-5-4-6-8-22)31(44)36-25(11-12-29(41)42)32(45)38-15-13-20(14-16-38)30(43)21-9-10-23(34)24(35)17-21/h4-10,17-18,20,25H,11-16,19H2,1-3H3,(H,36,44)(H,41,42)/t25-/m0/s1. The summed E-state index contributed by atoms with van der Waals surface area (Å²) >= 11 is 0. The Bertz CT molecular complexity index is 1610. The number of hydrogen-bond donors (Lipinski definition) is 2. The molecular formula is C33H36F2N4O7. The molecule has 244 valence electrons. The summed E-state index contributed by atoms with van der Waals surface area (Å²) in [7, 11) is 0. The van der Waals surface area contributed by atoms with Crippen molar-refractivity contribution >= 4 is 29.4 Å². The second-order valence-corrected chi connectivity index (χ2v) is 12.1. The predicted octanol–water partition coefficient (Wildman–Crippen LogP) is 4.23. The number of aromatic nitrogens is 2. The molecule has 0 bridgehead atoms. The van der Waals surface area contributed by atoms with Gasteiger partial charge in [-0.15, -0.1) is 0 Å². The fourth-order valence-electron chi connectivity index (χ4n) is 4.91. The van der Waals surface area contributed by atoms with Crippen molar-refractivity contribution in [2.75, 3.05) is 19.7 Å². The maximum Gasteiger partial charge on any atom is 0.303 e. The molecule has 2 N–H and O–H groups in total. The van der Waals surface area contributed by atoms with Crippen molar-refractivity contribution in [1.29, 1.82) is 0 Å². The molecule has 0 aliphatic carbocycles. The van der Waals surface area contributed by atoms with Crippen molar-refractivity contribution < 1.29 is 42.6 Å².